The van der Waals surface area contributed by atoms with Gasteiger partial charge in [-0.25, -0.2) is 0 Å². The van der Waals surface area contributed by atoms with Crippen molar-refractivity contribution in [1.29, 1.82) is 0 Å². The van der Waals surface area contributed by atoms with Crippen molar-refractivity contribution < 1.29 is 18.7 Å². The Kier molecular flexibility index (Phi) is 9.25. The number of carbonyl (C=O) groups is 1. The molecule has 3 atom stereocenters. The third-order valence-corrected chi connectivity index (χ3v) is 6.58. The molecule has 0 aliphatic heterocycles. The van der Waals surface area contributed by atoms with E-state index in [1.807, 2.05) is 42.5 Å². The molecule has 0 aliphatic rings. The summed E-state index contributed by atoms with van der Waals surface area (Å²) >= 11 is -2.44. The summed E-state index contributed by atoms with van der Waals surface area (Å²) in [6.07, 6.45) is 4.12. The summed E-state index contributed by atoms with van der Waals surface area (Å²) in [4.78, 5) is 11.8. The van der Waals surface area contributed by atoms with Gasteiger partial charge in [-0.2, -0.15) is 0 Å². The summed E-state index contributed by atoms with van der Waals surface area (Å²) in [5, 5.41) is 8.76. The predicted molar refractivity (Wildman–Crippen MR) is 121 cm³/mol. The second-order valence-electron chi connectivity index (χ2n) is 8.98. The number of benzene rings is 2. The Hall–Kier alpha value is -1.98. The molecule has 0 heterocycles. The molecule has 0 saturated carbocycles. The molecule has 164 valence electrons. The van der Waals surface area contributed by atoms with Crippen LogP contribution < -0.4 is 0 Å². The van der Waals surface area contributed by atoms with Crippen molar-refractivity contribution in [3.05, 3.63) is 71.3 Å². The molecule has 0 saturated heterocycles. The molecule has 0 fully saturated rings. The van der Waals surface area contributed by atoms with Crippen LogP contribution in [0, 0.1) is 5.92 Å². The normalized spacial score (nSPS) is 14.8. The first-order chi connectivity index (χ1) is 14.2. The van der Waals surface area contributed by atoms with E-state index in [0.29, 0.717) is 12.8 Å². The van der Waals surface area contributed by atoms with Crippen LogP contribution in [0.4, 0.5) is 0 Å². The van der Waals surface area contributed by atoms with Crippen molar-refractivity contribution in [3.63, 3.8) is 0 Å². The largest absolute Gasteiger partial charge is 0.772 e. The number of aliphatic carboxylic acids is 1. The van der Waals surface area contributed by atoms with Crippen molar-refractivity contribution in [2.45, 2.75) is 70.0 Å². The molecule has 4 nitrogen and oxygen atoms in total. The Morgan fingerprint density at radius 3 is 2.13 bits per heavy atom. The van der Waals surface area contributed by atoms with E-state index in [4.69, 9.17) is 0 Å². The first kappa shape index (κ1) is 24.3. The lowest BCUT2D eigenvalue weighted by atomic mass is 9.86. The van der Waals surface area contributed by atoms with Crippen LogP contribution in [-0.4, -0.2) is 25.1 Å². The highest BCUT2D eigenvalue weighted by molar-refractivity contribution is 7.79. The van der Waals surface area contributed by atoms with Crippen molar-refractivity contribution in [1.82, 2.24) is 0 Å². The third-order valence-electron chi connectivity index (χ3n) is 5.59. The van der Waals surface area contributed by atoms with Gasteiger partial charge >= 0.3 is 5.97 Å². The second kappa shape index (κ2) is 11.4. The minimum Gasteiger partial charge on any atom is -0.772 e. The summed E-state index contributed by atoms with van der Waals surface area (Å²) in [6, 6.07) is 18.0. The van der Waals surface area contributed by atoms with Crippen LogP contribution in [0.5, 0.6) is 0 Å². The fourth-order valence-corrected chi connectivity index (χ4v) is 4.55. The highest BCUT2D eigenvalue weighted by Gasteiger charge is 2.29. The van der Waals surface area contributed by atoms with Gasteiger partial charge in [0, 0.05) is 5.25 Å². The molecule has 3 unspecified atom stereocenters. The number of aryl methyl sites for hydroxylation is 1. The Labute approximate surface area is 183 Å². The van der Waals surface area contributed by atoms with Crippen LogP contribution in [-0.2, 0) is 34.1 Å². The molecular formula is C25H33O4S-. The Morgan fingerprint density at radius 1 is 0.967 bits per heavy atom. The maximum atomic E-state index is 11.9. The van der Waals surface area contributed by atoms with E-state index in [0.717, 1.165) is 24.8 Å². The first-order valence-electron chi connectivity index (χ1n) is 10.6. The van der Waals surface area contributed by atoms with Gasteiger partial charge in [-0.05, 0) is 47.8 Å². The molecular weight excluding hydrogens is 396 g/mol. The molecule has 2 rings (SSSR count). The summed E-state index contributed by atoms with van der Waals surface area (Å²) in [5.41, 5.74) is 3.30. The molecule has 1 N–H and O–H groups in total. The van der Waals surface area contributed by atoms with Crippen molar-refractivity contribution in [3.8, 4) is 0 Å². The van der Waals surface area contributed by atoms with Gasteiger partial charge in [-0.1, -0.05) is 99.3 Å². The molecule has 30 heavy (non-hydrogen) atoms. The molecule has 0 radical (unpaired) electrons. The Morgan fingerprint density at radius 2 is 1.60 bits per heavy atom. The van der Waals surface area contributed by atoms with E-state index in [2.05, 4.69) is 32.9 Å². The van der Waals surface area contributed by atoms with Gasteiger partial charge in [-0.15, -0.1) is 0 Å². The van der Waals surface area contributed by atoms with E-state index in [1.54, 1.807) is 0 Å². The van der Waals surface area contributed by atoms with Gasteiger partial charge in [0.15, 0.2) is 0 Å². The summed E-state index contributed by atoms with van der Waals surface area (Å²) < 4.78 is 23.8. The lowest BCUT2D eigenvalue weighted by molar-refractivity contribution is -0.142. The Bertz CT molecular complexity index is 809. The van der Waals surface area contributed by atoms with E-state index < -0.39 is 28.2 Å². The SMILES string of the molecule is CC(C)(C)c1ccc(CC(C(CCCCCc2ccccc2)C(=O)O)S(=O)[O-])cc1. The van der Waals surface area contributed by atoms with Crippen molar-refractivity contribution >= 4 is 17.0 Å². The minimum absolute atomic E-state index is 0.0165. The topological polar surface area (TPSA) is 77.4 Å². The smallest absolute Gasteiger partial charge is 0.307 e. The molecule has 2 aromatic carbocycles. The first-order valence-corrected chi connectivity index (χ1v) is 11.8. The monoisotopic (exact) mass is 429 g/mol. The van der Waals surface area contributed by atoms with Crippen LogP contribution in [0.25, 0.3) is 0 Å². The van der Waals surface area contributed by atoms with Gasteiger partial charge in [0.1, 0.15) is 0 Å². The van der Waals surface area contributed by atoms with Crippen LogP contribution >= 0.6 is 0 Å². The molecule has 0 amide bonds. The van der Waals surface area contributed by atoms with Crippen LogP contribution in [0.15, 0.2) is 54.6 Å². The number of hydrogen-bond donors (Lipinski definition) is 1. The van der Waals surface area contributed by atoms with E-state index in [-0.39, 0.29) is 11.8 Å². The number of rotatable bonds is 11. The molecule has 2 aromatic rings. The molecule has 0 aromatic heterocycles. The van der Waals surface area contributed by atoms with Crippen molar-refractivity contribution in [2.75, 3.05) is 0 Å². The van der Waals surface area contributed by atoms with Crippen LogP contribution in [0.1, 0.15) is 63.1 Å². The zero-order chi connectivity index (χ0) is 22.1. The number of unbranched alkanes of at least 4 members (excludes halogenated alkanes) is 2. The average Bonchev–Trinajstić information content (AvgIpc) is 2.69. The fraction of sp³-hybridized carbons (Fsp3) is 0.480. The number of carboxylic acid groups (broad SMARTS) is 1. The van der Waals surface area contributed by atoms with Gasteiger partial charge in [0.25, 0.3) is 0 Å². The highest BCUT2D eigenvalue weighted by Crippen LogP contribution is 2.25. The van der Waals surface area contributed by atoms with E-state index >= 15 is 0 Å². The predicted octanol–water partition coefficient (Wildman–Crippen LogP) is 5.28. The summed E-state index contributed by atoms with van der Waals surface area (Å²) in [6.45, 7) is 6.36. The Balaban J connectivity index is 1.94. The van der Waals surface area contributed by atoms with E-state index in [1.165, 1.54) is 11.1 Å². The maximum Gasteiger partial charge on any atom is 0.307 e. The quantitative estimate of drug-likeness (QED) is 0.389. The van der Waals surface area contributed by atoms with Gasteiger partial charge in [0.2, 0.25) is 0 Å². The van der Waals surface area contributed by atoms with Crippen LogP contribution in [0.2, 0.25) is 0 Å². The van der Waals surface area contributed by atoms with Gasteiger partial charge in [-0.3, -0.25) is 9.00 Å². The third kappa shape index (κ3) is 7.69. The molecule has 0 aliphatic carbocycles. The maximum absolute atomic E-state index is 11.9. The van der Waals surface area contributed by atoms with Gasteiger partial charge < -0.3 is 9.66 Å². The average molecular weight is 430 g/mol. The lowest BCUT2D eigenvalue weighted by Gasteiger charge is -2.27. The zero-order valence-corrected chi connectivity index (χ0v) is 19.0. The second-order valence-corrected chi connectivity index (χ2v) is 10.1. The zero-order valence-electron chi connectivity index (χ0n) is 18.2. The number of hydrogen-bond acceptors (Lipinski definition) is 3. The molecule has 0 bridgehead atoms. The van der Waals surface area contributed by atoms with Crippen LogP contribution in [0.3, 0.4) is 0 Å². The van der Waals surface area contributed by atoms with Crippen molar-refractivity contribution in [2.24, 2.45) is 5.92 Å². The number of carboxylic acids is 1. The van der Waals surface area contributed by atoms with E-state index in [9.17, 15) is 18.7 Å². The minimum atomic E-state index is -2.44. The summed E-state index contributed by atoms with van der Waals surface area (Å²) in [5.74, 6) is -1.92. The fourth-order valence-electron chi connectivity index (χ4n) is 3.70. The molecule has 0 spiro atoms. The van der Waals surface area contributed by atoms with Gasteiger partial charge in [0.05, 0.1) is 5.92 Å². The highest BCUT2D eigenvalue weighted by atomic mass is 32.2. The standard InChI is InChI=1S/C25H34O4S/c1-25(2,3)21-16-14-20(15-17-21)18-23(30(28)29)22(24(26)27)13-9-5-8-12-19-10-6-4-7-11-19/h4,6-7,10-11,14-17,22-23H,5,8-9,12-13,18H2,1-3H3,(H,26,27)(H,28,29)/p-1. The lowest BCUT2D eigenvalue weighted by Crippen LogP contribution is -2.33. The summed E-state index contributed by atoms with van der Waals surface area (Å²) in [7, 11) is 0. The molecule has 5 heteroatoms.